The first kappa shape index (κ1) is 66.3. The second-order valence-electron chi connectivity index (χ2n) is 21.2. The molecular formula is C53H76N12O17S2. The summed E-state index contributed by atoms with van der Waals surface area (Å²) < 4.78 is 21.1. The van der Waals surface area contributed by atoms with E-state index in [0.717, 1.165) is 22.0 Å². The first-order valence-corrected chi connectivity index (χ1v) is 30.0. The Balaban J connectivity index is 1.39. The molecule has 5 heterocycles. The Morgan fingerprint density at radius 3 is 2.27 bits per heavy atom. The Bertz CT molecular complexity index is 2810. The van der Waals surface area contributed by atoms with E-state index in [1.54, 1.807) is 42.6 Å². The van der Waals surface area contributed by atoms with Gasteiger partial charge in [0, 0.05) is 102 Å². The number of hydrogen-bond donors (Lipinski definition) is 13. The number of carbonyl (C=O) groups is 11. The molecule has 84 heavy (non-hydrogen) atoms. The summed E-state index contributed by atoms with van der Waals surface area (Å²) in [4.78, 5) is 154. The number of imide groups is 1. The number of aliphatic hydroxyl groups is 4. The highest BCUT2D eigenvalue weighted by Crippen LogP contribution is 2.38. The van der Waals surface area contributed by atoms with Crippen molar-refractivity contribution in [1.29, 1.82) is 0 Å². The first-order valence-electron chi connectivity index (χ1n) is 27.6. The van der Waals surface area contributed by atoms with Crippen molar-refractivity contribution in [3.05, 3.63) is 35.4 Å². The molecule has 1 unspecified atom stereocenters. The number of thioether (sulfide) groups is 1. The number of primary amides is 1. The molecule has 4 aliphatic heterocycles. The number of amides is 11. The predicted octanol–water partition coefficient (Wildman–Crippen LogP) is -5.26. The molecule has 15 N–H and O–H groups in total. The molecule has 462 valence electrons. The zero-order valence-corrected chi connectivity index (χ0v) is 48.7. The van der Waals surface area contributed by atoms with Gasteiger partial charge in [0.1, 0.15) is 35.7 Å². The van der Waals surface area contributed by atoms with Crippen LogP contribution in [0.15, 0.2) is 29.3 Å². The third-order valence-corrected chi connectivity index (χ3v) is 18.3. The van der Waals surface area contributed by atoms with Crippen LogP contribution in [0.3, 0.4) is 0 Å². The van der Waals surface area contributed by atoms with Crippen LogP contribution in [-0.2, 0) is 76.1 Å². The Morgan fingerprint density at radius 2 is 1.65 bits per heavy atom. The van der Waals surface area contributed by atoms with Crippen molar-refractivity contribution in [2.24, 2.45) is 23.3 Å². The number of piperidine rings is 1. The second kappa shape index (κ2) is 30.3. The lowest BCUT2D eigenvalue weighted by Gasteiger charge is -2.32. The average molecular weight is 1220 g/mol. The lowest BCUT2D eigenvalue weighted by Crippen LogP contribution is -2.61. The zero-order valence-electron chi connectivity index (χ0n) is 47.1. The molecule has 29 nitrogen and oxygen atoms in total. The number of nitrogens with zero attached hydrogens (tertiary/aromatic N) is 3. The van der Waals surface area contributed by atoms with E-state index < -0.39 is 182 Å². The van der Waals surface area contributed by atoms with Crippen molar-refractivity contribution in [3.63, 3.8) is 0 Å². The largest absolute Gasteiger partial charge is 0.610 e. The monoisotopic (exact) mass is 1220 g/mol. The molecule has 4 aliphatic rings. The number of hydrogen-bond acceptors (Lipinski definition) is 19. The van der Waals surface area contributed by atoms with Crippen LogP contribution in [0.2, 0.25) is 0 Å². The van der Waals surface area contributed by atoms with E-state index >= 15 is 4.55 Å². The maximum Gasteiger partial charge on any atom is 0.253 e. The molecule has 6 rings (SSSR count). The molecular weight excluding hydrogens is 1140 g/mol. The highest BCUT2D eigenvalue weighted by Gasteiger charge is 2.45. The van der Waals surface area contributed by atoms with Crippen molar-refractivity contribution in [1.82, 2.24) is 51.6 Å². The van der Waals surface area contributed by atoms with Gasteiger partial charge in [0.15, 0.2) is 6.04 Å². The molecule has 0 spiro atoms. The van der Waals surface area contributed by atoms with Crippen molar-refractivity contribution >= 4 is 98.8 Å². The summed E-state index contributed by atoms with van der Waals surface area (Å²) >= 11 is -0.863. The summed E-state index contributed by atoms with van der Waals surface area (Å²) in [5.41, 5.74) is 12.2. The van der Waals surface area contributed by atoms with E-state index in [0.29, 0.717) is 54.6 Å². The minimum atomic E-state index is -2.41. The van der Waals surface area contributed by atoms with Crippen LogP contribution in [-0.4, -0.2) is 229 Å². The van der Waals surface area contributed by atoms with Crippen molar-refractivity contribution in [2.75, 3.05) is 65.3 Å². The molecule has 0 bridgehead atoms. The first-order chi connectivity index (χ1) is 39.9. The average Bonchev–Trinajstić information content (AvgIpc) is 2.69. The quantitative estimate of drug-likeness (QED) is 0.0410. The van der Waals surface area contributed by atoms with E-state index in [9.17, 15) is 73.2 Å². The third kappa shape index (κ3) is 16.5. The third-order valence-electron chi connectivity index (χ3n) is 15.5. The van der Waals surface area contributed by atoms with Crippen LogP contribution in [0.4, 0.5) is 0 Å². The number of aliphatic hydroxyl groups excluding tert-OH is 4. The predicted molar refractivity (Wildman–Crippen MR) is 302 cm³/mol. The SMILES string of the molecule is CC[C@H](C)[C@H](NC(=O)CN)C(=O)NCC(=O)N[C@H]1C[S+]([O-])c2[nH]c3c(CSC4CCN(C(=O)CCN5C(=O)C=CC5=O)CC4)c(OC)ccc3c2C[C@@H](CO)NC(=O)[C@H]([C@@H](C)[C@@H](O)CO)NC(=O)[C@@H]2C[C@@H](O)CN2C(=O)[C@H](CC(N)=O)NC1=O. The molecule has 11 amide bonds. The lowest BCUT2D eigenvalue weighted by molar-refractivity contribution is -0.144. The number of benzene rings is 1. The van der Waals surface area contributed by atoms with Gasteiger partial charge in [-0.25, -0.2) is 0 Å². The Morgan fingerprint density at radius 1 is 0.964 bits per heavy atom. The van der Waals surface area contributed by atoms with Gasteiger partial charge < -0.3 is 87.9 Å². The number of nitrogens with two attached hydrogens (primary N) is 2. The van der Waals surface area contributed by atoms with Gasteiger partial charge in [-0.15, -0.1) is 0 Å². The topological polar surface area (TPSA) is 451 Å². The van der Waals surface area contributed by atoms with Gasteiger partial charge in [-0.1, -0.05) is 27.2 Å². The van der Waals surface area contributed by atoms with E-state index in [4.69, 9.17) is 16.2 Å². The number of aromatic nitrogens is 1. The fourth-order valence-corrected chi connectivity index (χ4v) is 13.0. The summed E-state index contributed by atoms with van der Waals surface area (Å²) in [6.45, 7) is 2.18. The van der Waals surface area contributed by atoms with E-state index in [-0.39, 0.29) is 46.9 Å². The smallest absolute Gasteiger partial charge is 0.253 e. The maximum absolute atomic E-state index is 15.3. The van der Waals surface area contributed by atoms with E-state index in [1.165, 1.54) is 14.0 Å². The van der Waals surface area contributed by atoms with Gasteiger partial charge in [-0.2, -0.15) is 11.8 Å². The zero-order chi connectivity index (χ0) is 61.7. The number of ether oxygens (including phenoxy) is 1. The highest BCUT2D eigenvalue weighted by molar-refractivity contribution is 7.99. The molecule has 0 saturated carbocycles. The molecule has 1 aromatic carbocycles. The van der Waals surface area contributed by atoms with Crippen molar-refractivity contribution in [2.45, 2.75) is 130 Å². The van der Waals surface area contributed by atoms with Crippen LogP contribution >= 0.6 is 11.8 Å². The van der Waals surface area contributed by atoms with Crippen LogP contribution in [0.25, 0.3) is 10.9 Å². The Kier molecular flexibility index (Phi) is 23.9. The van der Waals surface area contributed by atoms with E-state index in [1.807, 2.05) is 0 Å². The number of fused-ring (bicyclic) bond motifs is 4. The molecule has 2 aromatic rings. The summed E-state index contributed by atoms with van der Waals surface area (Å²) in [7, 11) is 1.44. The number of H-pyrrole nitrogens is 1. The van der Waals surface area contributed by atoms with Gasteiger partial charge in [0.2, 0.25) is 58.2 Å². The van der Waals surface area contributed by atoms with Crippen LogP contribution < -0.4 is 48.1 Å². The van der Waals surface area contributed by atoms with Crippen LogP contribution in [0.1, 0.15) is 70.4 Å². The molecule has 0 aliphatic carbocycles. The summed E-state index contributed by atoms with van der Waals surface area (Å²) in [6, 6.07) is -6.05. The minimum Gasteiger partial charge on any atom is -0.610 e. The van der Waals surface area contributed by atoms with Crippen LogP contribution in [0.5, 0.6) is 5.75 Å². The molecule has 2 fully saturated rings. The summed E-state index contributed by atoms with van der Waals surface area (Å²) in [5.74, 6) is -10.8. The summed E-state index contributed by atoms with van der Waals surface area (Å²) in [5, 5.41) is 57.9. The number of carbonyl (C=O) groups excluding carboxylic acids is 11. The fraction of sp³-hybridized carbons (Fsp3) is 0.604. The standard InChI is InChI=1S/C53H76N12O17S2/c1-5-26(2)45(60-40(71)19-54)50(78)56-20-41(72)58-35-25-84(81)52-32(31-6-7-38(82-4)33(47(31)62-52)24-83-30-10-13-63(14-11-30)42(73)12-15-64-43(74)8-9-44(64)75)16-28(22-66)57-51(79)46(27(3)37(69)23-67)61-49(77)36-17-29(68)21-65(36)53(80)34(18-39(55)70)59-48(35)76/h6-9,26-30,34-37,45-46,62,66-69H,5,10-25,54H2,1-4H3,(H2,55,70)(H,56,78)(H,57,79)(H,58,72)(H,59,76)(H,60,71)(H,61,77)/t26-,27-,28-,29+,34-,35-,36-,37-,45-,46-,84?/m0/s1. The van der Waals surface area contributed by atoms with Gasteiger partial charge in [-0.05, 0) is 30.9 Å². The number of methoxy groups -OCH3 is 1. The van der Waals surface area contributed by atoms with Crippen molar-refractivity contribution in [3.8, 4) is 5.75 Å². The summed E-state index contributed by atoms with van der Waals surface area (Å²) in [6.07, 6.45) is -0.689. The van der Waals surface area contributed by atoms with Gasteiger partial charge in [0.05, 0.1) is 63.6 Å². The molecule has 31 heteroatoms. The number of nitrogens with one attached hydrogen (secondary N) is 7. The number of aromatic amines is 1. The molecule has 11 atom stereocenters. The Labute approximate surface area is 491 Å². The van der Waals surface area contributed by atoms with Gasteiger partial charge in [0.25, 0.3) is 11.8 Å². The highest BCUT2D eigenvalue weighted by atomic mass is 32.2. The molecule has 0 radical (unpaired) electrons. The lowest BCUT2D eigenvalue weighted by atomic mass is 9.94. The molecule has 2 saturated heterocycles. The minimum absolute atomic E-state index is 0.0122. The number of likely N-dealkylation sites (tertiary alicyclic amines) is 1. The normalized spacial score (nSPS) is 24.4. The van der Waals surface area contributed by atoms with Crippen molar-refractivity contribution < 1.29 is 82.5 Å². The molecule has 1 aromatic heterocycles. The van der Waals surface area contributed by atoms with E-state index in [2.05, 4.69) is 36.9 Å². The van der Waals surface area contributed by atoms with Crippen LogP contribution in [0, 0.1) is 11.8 Å². The van der Waals surface area contributed by atoms with Gasteiger partial charge >= 0.3 is 0 Å². The second-order valence-corrected chi connectivity index (χ2v) is 23.9. The fourth-order valence-electron chi connectivity index (χ4n) is 10.4. The Hall–Kier alpha value is -6.87. The van der Waals surface area contributed by atoms with Gasteiger partial charge in [-0.3, -0.25) is 57.6 Å². The number of rotatable bonds is 21. The maximum atomic E-state index is 15.3.